The molecule has 172 valence electrons. The van der Waals surface area contributed by atoms with Crippen molar-refractivity contribution in [2.75, 3.05) is 23.8 Å². The van der Waals surface area contributed by atoms with Crippen LogP contribution in [0.4, 0.5) is 11.4 Å². The number of carbonyl (C=O) groups excluding carboxylic acids is 2. The first-order valence-electron chi connectivity index (χ1n) is 9.78. The minimum Gasteiger partial charge on any atom is -0.495 e. The summed E-state index contributed by atoms with van der Waals surface area (Å²) in [6.07, 6.45) is 0. The van der Waals surface area contributed by atoms with Crippen molar-refractivity contribution in [2.24, 2.45) is 0 Å². The Morgan fingerprint density at radius 1 is 0.939 bits per heavy atom. The van der Waals surface area contributed by atoms with Crippen LogP contribution < -0.4 is 14.8 Å². The lowest BCUT2D eigenvalue weighted by Crippen LogP contribution is -2.16. The van der Waals surface area contributed by atoms with E-state index < -0.39 is 21.9 Å². The Morgan fingerprint density at radius 2 is 1.67 bits per heavy atom. The number of hydrogen-bond donors (Lipinski definition) is 2. The number of ether oxygens (including phenoxy) is 2. The molecule has 0 aliphatic rings. The third-order valence-corrected chi connectivity index (χ3v) is 6.08. The summed E-state index contributed by atoms with van der Waals surface area (Å²) in [7, 11) is -2.68. The normalized spacial score (nSPS) is 10.9. The van der Waals surface area contributed by atoms with Crippen LogP contribution in [0, 0.1) is 0 Å². The van der Waals surface area contributed by atoms with E-state index in [-0.39, 0.29) is 33.5 Å². The zero-order valence-electron chi connectivity index (χ0n) is 17.8. The van der Waals surface area contributed by atoms with Gasteiger partial charge in [0.2, 0.25) is 0 Å². The Labute approximate surface area is 196 Å². The van der Waals surface area contributed by atoms with Crippen LogP contribution in [0.25, 0.3) is 0 Å². The van der Waals surface area contributed by atoms with Crippen LogP contribution in [0.2, 0.25) is 5.02 Å². The van der Waals surface area contributed by atoms with Crippen molar-refractivity contribution in [1.82, 2.24) is 0 Å². The molecule has 0 heterocycles. The molecule has 1 amide bonds. The van der Waals surface area contributed by atoms with Gasteiger partial charge in [-0.15, -0.1) is 0 Å². The molecule has 0 radical (unpaired) electrons. The molecule has 0 saturated heterocycles. The number of hydrogen-bond acceptors (Lipinski definition) is 6. The van der Waals surface area contributed by atoms with Crippen LogP contribution in [-0.4, -0.2) is 34.0 Å². The third kappa shape index (κ3) is 6.03. The highest BCUT2D eigenvalue weighted by atomic mass is 35.5. The average Bonchev–Trinajstić information content (AvgIpc) is 2.79. The van der Waals surface area contributed by atoms with Gasteiger partial charge in [-0.25, -0.2) is 13.2 Å². The van der Waals surface area contributed by atoms with Gasteiger partial charge in [0, 0.05) is 22.0 Å². The lowest BCUT2D eigenvalue weighted by molar-refractivity contribution is 0.0526. The lowest BCUT2D eigenvalue weighted by Gasteiger charge is -2.13. The van der Waals surface area contributed by atoms with Gasteiger partial charge >= 0.3 is 5.97 Å². The van der Waals surface area contributed by atoms with E-state index in [1.54, 1.807) is 31.2 Å². The molecule has 2 N–H and O–H groups in total. The molecular weight excluding hydrogens is 468 g/mol. The first-order valence-corrected chi connectivity index (χ1v) is 11.6. The van der Waals surface area contributed by atoms with Crippen LogP contribution in [0.1, 0.15) is 27.6 Å². The molecule has 0 fully saturated rings. The first-order chi connectivity index (χ1) is 15.7. The van der Waals surface area contributed by atoms with Crippen molar-refractivity contribution in [3.8, 4) is 5.75 Å². The quantitative estimate of drug-likeness (QED) is 0.449. The fourth-order valence-corrected chi connectivity index (χ4v) is 4.38. The highest BCUT2D eigenvalue weighted by Gasteiger charge is 2.21. The van der Waals surface area contributed by atoms with Crippen molar-refractivity contribution in [2.45, 2.75) is 11.8 Å². The molecule has 0 aliphatic heterocycles. The van der Waals surface area contributed by atoms with Crippen LogP contribution in [-0.2, 0) is 14.8 Å². The van der Waals surface area contributed by atoms with Gasteiger partial charge in [0.1, 0.15) is 10.6 Å². The number of halogens is 1. The number of esters is 1. The van der Waals surface area contributed by atoms with E-state index in [1.807, 2.05) is 0 Å². The van der Waals surface area contributed by atoms with Crippen molar-refractivity contribution < 1.29 is 27.5 Å². The second-order valence-corrected chi connectivity index (χ2v) is 8.82. The van der Waals surface area contributed by atoms with Crippen molar-refractivity contribution in [3.63, 3.8) is 0 Å². The molecule has 0 bridgehead atoms. The Bertz CT molecular complexity index is 1280. The van der Waals surface area contributed by atoms with Gasteiger partial charge in [0.05, 0.1) is 19.3 Å². The molecule has 0 aromatic heterocycles. The molecule has 3 aromatic rings. The summed E-state index contributed by atoms with van der Waals surface area (Å²) in [5.41, 5.74) is 1.23. The summed E-state index contributed by atoms with van der Waals surface area (Å²) in [4.78, 5) is 24.3. The van der Waals surface area contributed by atoms with Gasteiger partial charge in [-0.2, -0.15) is 0 Å². The maximum absolute atomic E-state index is 12.9. The van der Waals surface area contributed by atoms with E-state index in [1.165, 1.54) is 49.6 Å². The van der Waals surface area contributed by atoms with E-state index in [4.69, 9.17) is 21.1 Å². The van der Waals surface area contributed by atoms with E-state index in [2.05, 4.69) is 10.0 Å². The molecule has 3 aromatic carbocycles. The minimum atomic E-state index is -4.03. The topological polar surface area (TPSA) is 111 Å². The zero-order valence-corrected chi connectivity index (χ0v) is 19.4. The molecule has 0 spiro atoms. The number of amides is 1. The van der Waals surface area contributed by atoms with E-state index in [0.29, 0.717) is 11.3 Å². The summed E-state index contributed by atoms with van der Waals surface area (Å²) < 4.78 is 38.2. The second-order valence-electron chi connectivity index (χ2n) is 6.73. The van der Waals surface area contributed by atoms with Crippen LogP contribution in [0.15, 0.2) is 71.6 Å². The number of nitrogens with one attached hydrogen (secondary N) is 2. The SMILES string of the molecule is CCOC(=O)c1ccc(NC(=O)c2cccc(NS(=O)(=O)c3cc(Cl)ccc3OC)c2)cc1. The number of carbonyl (C=O) groups is 2. The molecule has 8 nitrogen and oxygen atoms in total. The number of methoxy groups -OCH3 is 1. The monoisotopic (exact) mass is 488 g/mol. The molecule has 33 heavy (non-hydrogen) atoms. The van der Waals surface area contributed by atoms with E-state index in [0.717, 1.165) is 0 Å². The largest absolute Gasteiger partial charge is 0.495 e. The highest BCUT2D eigenvalue weighted by Crippen LogP contribution is 2.29. The van der Waals surface area contributed by atoms with Gasteiger partial charge in [-0.1, -0.05) is 17.7 Å². The molecule has 0 atom stereocenters. The summed E-state index contributed by atoms with van der Waals surface area (Å²) >= 11 is 5.94. The Kier molecular flexibility index (Phi) is 7.57. The van der Waals surface area contributed by atoms with Gasteiger partial charge < -0.3 is 14.8 Å². The summed E-state index contributed by atoms with van der Waals surface area (Å²) in [5.74, 6) is -0.779. The van der Waals surface area contributed by atoms with Gasteiger partial charge in [-0.3, -0.25) is 9.52 Å². The number of rotatable bonds is 8. The fraction of sp³-hybridized carbons (Fsp3) is 0.130. The smallest absolute Gasteiger partial charge is 0.338 e. The van der Waals surface area contributed by atoms with Gasteiger partial charge in [0.25, 0.3) is 15.9 Å². The molecule has 0 saturated carbocycles. The average molecular weight is 489 g/mol. The van der Waals surface area contributed by atoms with Crippen LogP contribution in [0.3, 0.4) is 0 Å². The van der Waals surface area contributed by atoms with Gasteiger partial charge in [0.15, 0.2) is 0 Å². The van der Waals surface area contributed by atoms with Crippen molar-refractivity contribution in [1.29, 1.82) is 0 Å². The molecule has 10 heteroatoms. The number of benzene rings is 3. The van der Waals surface area contributed by atoms with Crippen LogP contribution >= 0.6 is 11.6 Å². The maximum Gasteiger partial charge on any atom is 0.338 e. The molecule has 0 unspecified atom stereocenters. The van der Waals surface area contributed by atoms with Crippen LogP contribution in [0.5, 0.6) is 5.75 Å². The summed E-state index contributed by atoms with van der Waals surface area (Å²) in [6, 6.07) is 16.5. The molecular formula is C23H21ClN2O6S. The second kappa shape index (κ2) is 10.4. The number of anilines is 2. The minimum absolute atomic E-state index is 0.131. The summed E-state index contributed by atoms with van der Waals surface area (Å²) in [5, 5.41) is 2.93. The van der Waals surface area contributed by atoms with Gasteiger partial charge in [-0.05, 0) is 67.6 Å². The van der Waals surface area contributed by atoms with Crippen molar-refractivity contribution >= 4 is 44.9 Å². The lowest BCUT2D eigenvalue weighted by atomic mass is 10.1. The molecule has 3 rings (SSSR count). The standard InChI is InChI=1S/C23H21ClN2O6S/c1-3-32-23(28)15-7-10-18(11-8-15)25-22(27)16-5-4-6-19(13-16)26-33(29,30)21-14-17(24)9-12-20(21)31-2/h4-14,26H,3H2,1-2H3,(H,25,27). The first kappa shape index (κ1) is 24.1. The highest BCUT2D eigenvalue weighted by molar-refractivity contribution is 7.92. The fourth-order valence-electron chi connectivity index (χ4n) is 2.90. The zero-order chi connectivity index (χ0) is 24.0. The van der Waals surface area contributed by atoms with Crippen molar-refractivity contribution in [3.05, 3.63) is 82.9 Å². The molecule has 0 aliphatic carbocycles. The Morgan fingerprint density at radius 3 is 2.33 bits per heavy atom. The van der Waals surface area contributed by atoms with E-state index in [9.17, 15) is 18.0 Å². The number of sulfonamides is 1. The van der Waals surface area contributed by atoms with E-state index >= 15 is 0 Å². The maximum atomic E-state index is 12.9. The Balaban J connectivity index is 1.76. The third-order valence-electron chi connectivity index (χ3n) is 4.45. The predicted octanol–water partition coefficient (Wildman–Crippen LogP) is 4.58. The summed E-state index contributed by atoms with van der Waals surface area (Å²) in [6.45, 7) is 1.98. The predicted molar refractivity (Wildman–Crippen MR) is 126 cm³/mol. The Hall–Kier alpha value is -3.56.